The number of rotatable bonds is 6. The van der Waals surface area contributed by atoms with Gasteiger partial charge in [-0.1, -0.05) is 0 Å². The Morgan fingerprint density at radius 2 is 1.87 bits per heavy atom. The van der Waals surface area contributed by atoms with Gasteiger partial charge in [-0.15, -0.1) is 0 Å². The fraction of sp³-hybridized carbons (Fsp3) is 0.875. The smallest absolute Gasteiger partial charge is 0.408 e. The second-order valence-corrected chi connectivity index (χ2v) is 7.22. The van der Waals surface area contributed by atoms with Crippen LogP contribution in [0.2, 0.25) is 0 Å². The van der Waals surface area contributed by atoms with Crippen molar-refractivity contribution in [2.24, 2.45) is 0 Å². The zero-order valence-electron chi connectivity index (χ0n) is 15.1. The summed E-state index contributed by atoms with van der Waals surface area (Å²) in [6.45, 7) is 9.26. The van der Waals surface area contributed by atoms with E-state index in [2.05, 4.69) is 15.5 Å². The van der Waals surface area contributed by atoms with Crippen LogP contribution in [0.15, 0.2) is 0 Å². The van der Waals surface area contributed by atoms with Crippen molar-refractivity contribution in [3.05, 3.63) is 0 Å². The molecule has 23 heavy (non-hydrogen) atoms. The van der Waals surface area contributed by atoms with E-state index in [4.69, 9.17) is 4.74 Å². The number of nitrogens with zero attached hydrogens (tertiary/aromatic N) is 2. The van der Waals surface area contributed by atoms with Crippen LogP contribution in [0.3, 0.4) is 0 Å². The van der Waals surface area contributed by atoms with Crippen molar-refractivity contribution in [1.29, 1.82) is 0 Å². The first-order valence-corrected chi connectivity index (χ1v) is 8.33. The first kappa shape index (κ1) is 19.7. The molecule has 1 heterocycles. The normalized spacial score (nSPS) is 17.0. The van der Waals surface area contributed by atoms with Gasteiger partial charge in [0.05, 0.1) is 0 Å². The molecule has 7 heteroatoms. The summed E-state index contributed by atoms with van der Waals surface area (Å²) in [5, 5.41) is 5.98. The van der Waals surface area contributed by atoms with Crippen LogP contribution in [0.4, 0.5) is 4.79 Å². The monoisotopic (exact) mass is 328 g/mol. The highest BCUT2D eigenvalue weighted by Crippen LogP contribution is 2.09. The molecule has 0 aliphatic carbocycles. The Hall–Kier alpha value is -1.34. The van der Waals surface area contributed by atoms with Crippen LogP contribution in [-0.4, -0.2) is 80.3 Å². The quantitative estimate of drug-likeness (QED) is 0.749. The third kappa shape index (κ3) is 8.18. The van der Waals surface area contributed by atoms with Crippen molar-refractivity contribution in [2.45, 2.75) is 45.3 Å². The number of alkyl carbamates (subject to hydrolysis) is 1. The number of piperazine rings is 1. The van der Waals surface area contributed by atoms with Crippen molar-refractivity contribution in [2.75, 3.05) is 46.8 Å². The Bertz CT molecular complexity index is 387. The topological polar surface area (TPSA) is 73.9 Å². The summed E-state index contributed by atoms with van der Waals surface area (Å²) in [5.41, 5.74) is -0.573. The van der Waals surface area contributed by atoms with Gasteiger partial charge in [-0.25, -0.2) is 4.79 Å². The molecule has 7 nitrogen and oxygen atoms in total. The Kier molecular flexibility index (Phi) is 7.78. The maximum atomic E-state index is 12.7. The molecule has 0 radical (unpaired) electrons. The SMILES string of the molecule is CN(C)CCC[C@H](NC(=O)OC(C)(C)C)C(=O)N1CCNCC1. The van der Waals surface area contributed by atoms with Gasteiger partial charge in [0, 0.05) is 26.2 Å². The van der Waals surface area contributed by atoms with E-state index in [9.17, 15) is 9.59 Å². The highest BCUT2D eigenvalue weighted by Gasteiger charge is 2.28. The van der Waals surface area contributed by atoms with Crippen LogP contribution >= 0.6 is 0 Å². The van der Waals surface area contributed by atoms with E-state index in [-0.39, 0.29) is 5.91 Å². The standard InChI is InChI=1S/C16H32N4O3/c1-16(2,3)23-15(22)18-13(7-6-10-19(4)5)14(21)20-11-8-17-9-12-20/h13,17H,6-12H2,1-5H3,(H,18,22)/t13-/m0/s1. The van der Waals surface area contributed by atoms with Gasteiger partial charge in [-0.3, -0.25) is 4.79 Å². The molecule has 0 aromatic carbocycles. The molecule has 1 atom stereocenters. The fourth-order valence-electron chi connectivity index (χ4n) is 2.42. The molecule has 0 aromatic heterocycles. The third-order valence-electron chi connectivity index (χ3n) is 3.52. The zero-order valence-corrected chi connectivity index (χ0v) is 15.1. The van der Waals surface area contributed by atoms with E-state index in [1.165, 1.54) is 0 Å². The lowest BCUT2D eigenvalue weighted by Crippen LogP contribution is -2.54. The zero-order chi connectivity index (χ0) is 17.5. The molecule has 0 unspecified atom stereocenters. The van der Waals surface area contributed by atoms with E-state index in [0.717, 1.165) is 26.1 Å². The van der Waals surface area contributed by atoms with Crippen molar-refractivity contribution in [1.82, 2.24) is 20.4 Å². The summed E-state index contributed by atoms with van der Waals surface area (Å²) in [7, 11) is 3.99. The lowest BCUT2D eigenvalue weighted by atomic mass is 10.1. The van der Waals surface area contributed by atoms with Crippen LogP contribution in [0, 0.1) is 0 Å². The maximum Gasteiger partial charge on any atom is 0.408 e. The molecule has 0 aromatic rings. The van der Waals surface area contributed by atoms with E-state index in [1.807, 2.05) is 39.8 Å². The lowest BCUT2D eigenvalue weighted by molar-refractivity contribution is -0.134. The number of nitrogens with one attached hydrogen (secondary N) is 2. The van der Waals surface area contributed by atoms with Crippen molar-refractivity contribution >= 4 is 12.0 Å². The molecule has 1 saturated heterocycles. The van der Waals surface area contributed by atoms with Gasteiger partial charge in [0.15, 0.2) is 0 Å². The molecule has 0 saturated carbocycles. The minimum Gasteiger partial charge on any atom is -0.444 e. The number of carbonyl (C=O) groups excluding carboxylic acids is 2. The molecule has 1 rings (SSSR count). The molecular formula is C16H32N4O3. The van der Waals surface area contributed by atoms with Gasteiger partial charge in [-0.05, 0) is 54.3 Å². The van der Waals surface area contributed by atoms with E-state index in [1.54, 1.807) is 0 Å². The lowest BCUT2D eigenvalue weighted by Gasteiger charge is -2.31. The van der Waals surface area contributed by atoms with Gasteiger partial charge >= 0.3 is 6.09 Å². The summed E-state index contributed by atoms with van der Waals surface area (Å²) in [4.78, 5) is 28.6. The van der Waals surface area contributed by atoms with Crippen LogP contribution in [0.1, 0.15) is 33.6 Å². The fourth-order valence-corrected chi connectivity index (χ4v) is 2.42. The highest BCUT2D eigenvalue weighted by atomic mass is 16.6. The minimum absolute atomic E-state index is 0.0175. The summed E-state index contributed by atoms with van der Waals surface area (Å²) in [6.07, 6.45) is 0.918. The molecule has 1 aliphatic heterocycles. The molecule has 0 bridgehead atoms. The van der Waals surface area contributed by atoms with Crippen molar-refractivity contribution in [3.8, 4) is 0 Å². The van der Waals surface area contributed by atoms with Crippen molar-refractivity contribution in [3.63, 3.8) is 0 Å². The summed E-state index contributed by atoms with van der Waals surface area (Å²) in [5.74, 6) is -0.0175. The highest BCUT2D eigenvalue weighted by molar-refractivity contribution is 5.85. The summed E-state index contributed by atoms with van der Waals surface area (Å²) < 4.78 is 5.29. The minimum atomic E-state index is -0.573. The molecule has 1 fully saturated rings. The predicted molar refractivity (Wildman–Crippen MR) is 90.4 cm³/mol. The van der Waals surface area contributed by atoms with Gasteiger partial charge in [0.1, 0.15) is 11.6 Å². The Morgan fingerprint density at radius 1 is 1.26 bits per heavy atom. The van der Waals surface area contributed by atoms with Gasteiger partial charge < -0.3 is 25.2 Å². The molecule has 1 aliphatic rings. The number of carbonyl (C=O) groups is 2. The number of ether oxygens (including phenoxy) is 1. The molecular weight excluding hydrogens is 296 g/mol. The molecule has 2 N–H and O–H groups in total. The molecule has 2 amide bonds. The predicted octanol–water partition coefficient (Wildman–Crippen LogP) is 0.653. The van der Waals surface area contributed by atoms with Gasteiger partial charge in [-0.2, -0.15) is 0 Å². The number of hydrogen-bond donors (Lipinski definition) is 2. The largest absolute Gasteiger partial charge is 0.444 e. The molecule has 0 spiro atoms. The van der Waals surface area contributed by atoms with Crippen LogP contribution in [-0.2, 0) is 9.53 Å². The van der Waals surface area contributed by atoms with Crippen LogP contribution in [0.5, 0.6) is 0 Å². The Balaban J connectivity index is 2.63. The number of amides is 2. The Morgan fingerprint density at radius 3 is 2.39 bits per heavy atom. The second kappa shape index (κ2) is 9.08. The summed E-state index contributed by atoms with van der Waals surface area (Å²) >= 11 is 0. The van der Waals surface area contributed by atoms with Gasteiger partial charge in [0.2, 0.25) is 5.91 Å². The first-order valence-electron chi connectivity index (χ1n) is 8.33. The van der Waals surface area contributed by atoms with E-state index >= 15 is 0 Å². The second-order valence-electron chi connectivity index (χ2n) is 7.22. The van der Waals surface area contributed by atoms with Crippen LogP contribution in [0.25, 0.3) is 0 Å². The van der Waals surface area contributed by atoms with E-state index in [0.29, 0.717) is 19.5 Å². The van der Waals surface area contributed by atoms with E-state index < -0.39 is 17.7 Å². The Labute approximate surface area is 139 Å². The molecule has 134 valence electrons. The van der Waals surface area contributed by atoms with Crippen molar-refractivity contribution < 1.29 is 14.3 Å². The average molecular weight is 328 g/mol. The summed E-state index contributed by atoms with van der Waals surface area (Å²) in [6, 6.07) is -0.525. The number of hydrogen-bond acceptors (Lipinski definition) is 5. The third-order valence-corrected chi connectivity index (χ3v) is 3.52. The maximum absolute atomic E-state index is 12.7. The average Bonchev–Trinajstić information content (AvgIpc) is 2.44. The first-order chi connectivity index (χ1) is 10.7. The van der Waals surface area contributed by atoms with Gasteiger partial charge in [0.25, 0.3) is 0 Å². The van der Waals surface area contributed by atoms with Crippen LogP contribution < -0.4 is 10.6 Å².